The zero-order valence-corrected chi connectivity index (χ0v) is 16.3. The number of benzene rings is 2. The van der Waals surface area contributed by atoms with Gasteiger partial charge in [0.2, 0.25) is 0 Å². The second kappa shape index (κ2) is 10.8. The second-order valence-corrected chi connectivity index (χ2v) is 6.26. The van der Waals surface area contributed by atoms with E-state index in [9.17, 15) is 19.7 Å². The largest absolute Gasteiger partial charge is 0.469 e. The lowest BCUT2D eigenvalue weighted by Crippen LogP contribution is -2.22. The Bertz CT molecular complexity index is 861. The topological polar surface area (TPSA) is 95.7 Å². The molecule has 0 fully saturated rings. The quantitative estimate of drug-likeness (QED) is 0.273. The molecule has 0 saturated carbocycles. The highest BCUT2D eigenvalue weighted by atomic mass is 16.6. The Morgan fingerprint density at radius 1 is 1.07 bits per heavy atom. The van der Waals surface area contributed by atoms with Crippen LogP contribution in [0.2, 0.25) is 0 Å². The summed E-state index contributed by atoms with van der Waals surface area (Å²) in [5, 5.41) is 10.9. The minimum atomic E-state index is -0.699. The molecule has 0 N–H and O–H groups in total. The van der Waals surface area contributed by atoms with Crippen molar-refractivity contribution in [2.45, 2.75) is 25.2 Å². The number of esters is 2. The van der Waals surface area contributed by atoms with E-state index >= 15 is 0 Å². The Balaban J connectivity index is 2.42. The fourth-order valence-electron chi connectivity index (χ4n) is 3.13. The summed E-state index contributed by atoms with van der Waals surface area (Å²) >= 11 is 0. The predicted molar refractivity (Wildman–Crippen MR) is 107 cm³/mol. The molecule has 2 unspecified atom stereocenters. The van der Waals surface area contributed by atoms with E-state index in [-0.39, 0.29) is 18.2 Å². The van der Waals surface area contributed by atoms with Gasteiger partial charge in [-0.25, -0.2) is 4.79 Å². The lowest BCUT2D eigenvalue weighted by molar-refractivity contribution is -0.384. The first-order chi connectivity index (χ1) is 14.0. The van der Waals surface area contributed by atoms with Gasteiger partial charge in [-0.3, -0.25) is 14.9 Å². The number of carbonyl (C=O) groups is 2. The molecule has 0 spiro atoms. The molecule has 7 heteroatoms. The maximum Gasteiger partial charge on any atom is 0.330 e. The summed E-state index contributed by atoms with van der Waals surface area (Å²) in [4.78, 5) is 34.8. The molecule has 2 atom stereocenters. The SMILES string of the molecule is CCOC(=O)/C=C/CC(c1ccccc1)C(C(=O)OC)c1ccc([N+](=O)[O-])cc1. The third-order valence-electron chi connectivity index (χ3n) is 4.48. The fraction of sp³-hybridized carbons (Fsp3) is 0.273. The summed E-state index contributed by atoms with van der Waals surface area (Å²) in [6, 6.07) is 15.2. The highest BCUT2D eigenvalue weighted by Crippen LogP contribution is 2.37. The zero-order chi connectivity index (χ0) is 21.2. The van der Waals surface area contributed by atoms with Crippen molar-refractivity contribution in [3.05, 3.63) is 88.0 Å². The Kier molecular flexibility index (Phi) is 8.09. The van der Waals surface area contributed by atoms with Crippen LogP contribution >= 0.6 is 0 Å². The number of hydrogen-bond donors (Lipinski definition) is 0. The summed E-state index contributed by atoms with van der Waals surface area (Å²) in [6.45, 7) is 2.00. The molecule has 0 aliphatic heterocycles. The van der Waals surface area contributed by atoms with E-state index in [1.54, 1.807) is 25.1 Å². The van der Waals surface area contributed by atoms with Crippen LogP contribution in [0.15, 0.2) is 66.7 Å². The second-order valence-electron chi connectivity index (χ2n) is 6.26. The van der Waals surface area contributed by atoms with Gasteiger partial charge in [-0.2, -0.15) is 0 Å². The number of hydrogen-bond acceptors (Lipinski definition) is 6. The van der Waals surface area contributed by atoms with E-state index in [0.29, 0.717) is 12.0 Å². The summed E-state index contributed by atoms with van der Waals surface area (Å²) in [5.41, 5.74) is 1.42. The normalized spacial score (nSPS) is 12.9. The third kappa shape index (κ3) is 6.00. The Labute approximate surface area is 169 Å². The van der Waals surface area contributed by atoms with E-state index in [1.807, 2.05) is 30.3 Å². The summed E-state index contributed by atoms with van der Waals surface area (Å²) < 4.78 is 9.92. The molecule has 0 heterocycles. The molecule has 152 valence electrons. The number of ether oxygens (including phenoxy) is 2. The molecule has 0 aromatic heterocycles. The lowest BCUT2D eigenvalue weighted by atomic mass is 9.79. The third-order valence-corrected chi connectivity index (χ3v) is 4.48. The molecule has 2 aromatic carbocycles. The van der Waals surface area contributed by atoms with Crippen LogP contribution in [0.3, 0.4) is 0 Å². The molecule has 0 amide bonds. The van der Waals surface area contributed by atoms with Gasteiger partial charge in [-0.15, -0.1) is 0 Å². The summed E-state index contributed by atoms with van der Waals surface area (Å²) in [7, 11) is 1.30. The highest BCUT2D eigenvalue weighted by molar-refractivity contribution is 5.82. The van der Waals surface area contributed by atoms with Crippen molar-refractivity contribution >= 4 is 17.6 Å². The minimum Gasteiger partial charge on any atom is -0.469 e. The van der Waals surface area contributed by atoms with Gasteiger partial charge in [-0.05, 0) is 24.5 Å². The Morgan fingerprint density at radius 3 is 2.28 bits per heavy atom. The van der Waals surface area contributed by atoms with Crippen LogP contribution < -0.4 is 0 Å². The number of nitro benzene ring substituents is 1. The number of nitro groups is 1. The van der Waals surface area contributed by atoms with Gasteiger partial charge in [0, 0.05) is 24.1 Å². The Morgan fingerprint density at radius 2 is 1.72 bits per heavy atom. The highest BCUT2D eigenvalue weighted by Gasteiger charge is 2.31. The van der Waals surface area contributed by atoms with Gasteiger partial charge in [0.05, 0.1) is 24.6 Å². The van der Waals surface area contributed by atoms with Crippen molar-refractivity contribution in [3.8, 4) is 0 Å². The fourth-order valence-corrected chi connectivity index (χ4v) is 3.13. The number of rotatable bonds is 9. The van der Waals surface area contributed by atoms with E-state index in [2.05, 4.69) is 0 Å². The van der Waals surface area contributed by atoms with Crippen molar-refractivity contribution in [2.75, 3.05) is 13.7 Å². The van der Waals surface area contributed by atoms with E-state index in [4.69, 9.17) is 9.47 Å². The molecule has 0 saturated heterocycles. The first-order valence-corrected chi connectivity index (χ1v) is 9.18. The predicted octanol–water partition coefficient (Wildman–Crippen LogP) is 4.14. The van der Waals surface area contributed by atoms with Crippen molar-refractivity contribution in [1.82, 2.24) is 0 Å². The van der Waals surface area contributed by atoms with E-state index in [1.165, 1.54) is 25.3 Å². The zero-order valence-electron chi connectivity index (χ0n) is 16.3. The Hall–Kier alpha value is -3.48. The van der Waals surface area contributed by atoms with Crippen LogP contribution in [0.4, 0.5) is 5.69 Å². The summed E-state index contributed by atoms with van der Waals surface area (Å²) in [6.07, 6.45) is 3.38. The van der Waals surface area contributed by atoms with Crippen molar-refractivity contribution in [2.24, 2.45) is 0 Å². The van der Waals surface area contributed by atoms with Gasteiger partial charge in [0.1, 0.15) is 0 Å². The standard InChI is InChI=1S/C22H23NO6/c1-3-29-20(24)11-7-10-19(16-8-5-4-6-9-16)21(22(25)28-2)17-12-14-18(15-13-17)23(26)27/h4-9,11-15,19,21H,3,10H2,1-2H3/b11-7+. The van der Waals surface area contributed by atoms with Gasteiger partial charge in [0.25, 0.3) is 5.69 Å². The van der Waals surface area contributed by atoms with Crippen LogP contribution in [0.25, 0.3) is 0 Å². The number of non-ortho nitro benzene ring substituents is 1. The van der Waals surface area contributed by atoms with Crippen LogP contribution in [0.1, 0.15) is 36.3 Å². The number of nitrogens with zero attached hydrogens (tertiary/aromatic N) is 1. The van der Waals surface area contributed by atoms with Crippen LogP contribution in [-0.2, 0) is 19.1 Å². The maximum atomic E-state index is 12.7. The van der Waals surface area contributed by atoms with Crippen molar-refractivity contribution in [1.29, 1.82) is 0 Å². The maximum absolute atomic E-state index is 12.7. The number of methoxy groups -OCH3 is 1. The monoisotopic (exact) mass is 397 g/mol. The molecule has 29 heavy (non-hydrogen) atoms. The average molecular weight is 397 g/mol. The first-order valence-electron chi connectivity index (χ1n) is 9.18. The van der Waals surface area contributed by atoms with Gasteiger partial charge in [-0.1, -0.05) is 48.5 Å². The molecule has 2 rings (SSSR count). The van der Waals surface area contributed by atoms with Crippen LogP contribution in [-0.4, -0.2) is 30.6 Å². The van der Waals surface area contributed by atoms with Gasteiger partial charge >= 0.3 is 11.9 Å². The molecule has 7 nitrogen and oxygen atoms in total. The number of allylic oxidation sites excluding steroid dienone is 1. The van der Waals surface area contributed by atoms with Gasteiger partial charge in [0.15, 0.2) is 0 Å². The molecular weight excluding hydrogens is 374 g/mol. The van der Waals surface area contributed by atoms with Gasteiger partial charge < -0.3 is 9.47 Å². The van der Waals surface area contributed by atoms with Crippen molar-refractivity contribution < 1.29 is 24.0 Å². The lowest BCUT2D eigenvalue weighted by Gasteiger charge is -2.25. The summed E-state index contributed by atoms with van der Waals surface area (Å²) in [5.74, 6) is -1.95. The average Bonchev–Trinajstić information content (AvgIpc) is 2.73. The van der Waals surface area contributed by atoms with Crippen LogP contribution in [0.5, 0.6) is 0 Å². The van der Waals surface area contributed by atoms with E-state index in [0.717, 1.165) is 5.56 Å². The molecule has 0 bridgehead atoms. The molecule has 0 radical (unpaired) electrons. The smallest absolute Gasteiger partial charge is 0.330 e. The van der Waals surface area contributed by atoms with Crippen molar-refractivity contribution in [3.63, 3.8) is 0 Å². The molecule has 0 aliphatic carbocycles. The first kappa shape index (κ1) is 21.8. The molecule has 0 aliphatic rings. The minimum absolute atomic E-state index is 0.0594. The van der Waals surface area contributed by atoms with E-state index < -0.39 is 22.8 Å². The molecule has 2 aromatic rings. The number of carbonyl (C=O) groups excluding carboxylic acids is 2. The molecular formula is C22H23NO6. The van der Waals surface area contributed by atoms with Crippen LogP contribution in [0, 0.1) is 10.1 Å².